The van der Waals surface area contributed by atoms with Crippen molar-refractivity contribution in [1.82, 2.24) is 5.32 Å². The highest BCUT2D eigenvalue weighted by Crippen LogP contribution is 2.29. The van der Waals surface area contributed by atoms with E-state index in [0.717, 1.165) is 18.8 Å². The van der Waals surface area contributed by atoms with E-state index in [1.54, 1.807) is 7.11 Å². The summed E-state index contributed by atoms with van der Waals surface area (Å²) >= 11 is 0. The van der Waals surface area contributed by atoms with Crippen molar-refractivity contribution in [1.29, 1.82) is 0 Å². The summed E-state index contributed by atoms with van der Waals surface area (Å²) in [5.41, 5.74) is 1.22. The smallest absolute Gasteiger partial charge is 0.124 e. The van der Waals surface area contributed by atoms with E-state index in [0.29, 0.717) is 12.0 Å². The molecule has 2 unspecified atom stereocenters. The lowest BCUT2D eigenvalue weighted by Crippen LogP contribution is -2.22. The number of methoxy groups -OCH3 is 1. The second-order valence-corrected chi connectivity index (χ2v) is 5.34. The summed E-state index contributed by atoms with van der Waals surface area (Å²) < 4.78 is 11.1. The molecule has 0 bridgehead atoms. The molecule has 0 amide bonds. The SMILES string of the molecule is CNC(CC(C)COC)c1ccccc1OC(C)C. The molecule has 0 heterocycles. The minimum absolute atomic E-state index is 0.190. The summed E-state index contributed by atoms with van der Waals surface area (Å²) in [5, 5.41) is 3.39. The van der Waals surface area contributed by atoms with Crippen LogP contribution in [0.4, 0.5) is 0 Å². The van der Waals surface area contributed by atoms with Crippen LogP contribution in [0.1, 0.15) is 38.8 Å². The molecule has 0 spiro atoms. The first-order valence-corrected chi connectivity index (χ1v) is 7.00. The minimum atomic E-state index is 0.190. The normalized spacial score (nSPS) is 14.4. The average Bonchev–Trinajstić information content (AvgIpc) is 2.36. The standard InChI is InChI=1S/C16H27NO2/c1-12(2)19-16-9-7-6-8-14(16)15(17-4)10-13(3)11-18-5/h6-9,12-13,15,17H,10-11H2,1-5H3. The van der Waals surface area contributed by atoms with Crippen LogP contribution < -0.4 is 10.1 Å². The van der Waals surface area contributed by atoms with E-state index in [9.17, 15) is 0 Å². The third-order valence-electron chi connectivity index (χ3n) is 3.09. The molecular formula is C16H27NO2. The molecule has 3 heteroatoms. The second kappa shape index (κ2) is 8.18. The second-order valence-electron chi connectivity index (χ2n) is 5.34. The van der Waals surface area contributed by atoms with Crippen LogP contribution in [0.25, 0.3) is 0 Å². The topological polar surface area (TPSA) is 30.5 Å². The monoisotopic (exact) mass is 265 g/mol. The Bertz CT molecular complexity index is 366. The van der Waals surface area contributed by atoms with Crippen molar-refractivity contribution in [2.24, 2.45) is 5.92 Å². The Hall–Kier alpha value is -1.06. The highest BCUT2D eigenvalue weighted by Gasteiger charge is 2.17. The molecule has 0 aliphatic rings. The fourth-order valence-electron chi connectivity index (χ4n) is 2.28. The van der Waals surface area contributed by atoms with Gasteiger partial charge in [0, 0.05) is 25.3 Å². The van der Waals surface area contributed by atoms with Crippen LogP contribution in [0.15, 0.2) is 24.3 Å². The maximum absolute atomic E-state index is 5.90. The third kappa shape index (κ3) is 5.21. The third-order valence-corrected chi connectivity index (χ3v) is 3.09. The van der Waals surface area contributed by atoms with Gasteiger partial charge in [-0.05, 0) is 39.3 Å². The first-order chi connectivity index (χ1) is 9.08. The van der Waals surface area contributed by atoms with Gasteiger partial charge in [0.15, 0.2) is 0 Å². The maximum Gasteiger partial charge on any atom is 0.124 e. The number of rotatable bonds is 8. The van der Waals surface area contributed by atoms with Gasteiger partial charge in [-0.3, -0.25) is 0 Å². The average molecular weight is 265 g/mol. The van der Waals surface area contributed by atoms with E-state index in [2.05, 4.69) is 38.2 Å². The van der Waals surface area contributed by atoms with Crippen LogP contribution in [-0.2, 0) is 4.74 Å². The van der Waals surface area contributed by atoms with Crippen molar-refractivity contribution in [3.05, 3.63) is 29.8 Å². The Labute approximate surface area is 117 Å². The number of hydrogen-bond donors (Lipinski definition) is 1. The van der Waals surface area contributed by atoms with Crippen molar-refractivity contribution in [2.45, 2.75) is 39.3 Å². The molecule has 0 aromatic heterocycles. The van der Waals surface area contributed by atoms with Crippen LogP contribution in [0.2, 0.25) is 0 Å². The summed E-state index contributed by atoms with van der Waals surface area (Å²) in [4.78, 5) is 0. The molecule has 0 fully saturated rings. The molecule has 0 saturated heterocycles. The van der Waals surface area contributed by atoms with Gasteiger partial charge >= 0.3 is 0 Å². The van der Waals surface area contributed by atoms with Gasteiger partial charge in [-0.1, -0.05) is 25.1 Å². The molecule has 2 atom stereocenters. The van der Waals surface area contributed by atoms with Gasteiger partial charge in [0.1, 0.15) is 5.75 Å². The number of para-hydroxylation sites is 1. The molecule has 0 aliphatic heterocycles. The predicted molar refractivity (Wildman–Crippen MR) is 79.7 cm³/mol. The quantitative estimate of drug-likeness (QED) is 0.781. The molecule has 0 aliphatic carbocycles. The van der Waals surface area contributed by atoms with E-state index in [1.165, 1.54) is 5.56 Å². The summed E-state index contributed by atoms with van der Waals surface area (Å²) in [6, 6.07) is 8.56. The summed E-state index contributed by atoms with van der Waals surface area (Å²) in [6.45, 7) is 7.10. The fourth-order valence-corrected chi connectivity index (χ4v) is 2.28. The molecule has 1 aromatic carbocycles. The molecule has 1 rings (SSSR count). The van der Waals surface area contributed by atoms with Gasteiger partial charge in [0.05, 0.1) is 6.10 Å². The van der Waals surface area contributed by atoms with Crippen molar-refractivity contribution < 1.29 is 9.47 Å². The van der Waals surface area contributed by atoms with Crippen molar-refractivity contribution in [3.8, 4) is 5.75 Å². The van der Waals surface area contributed by atoms with Gasteiger partial charge < -0.3 is 14.8 Å². The Kier molecular flexibility index (Phi) is 6.89. The zero-order valence-electron chi connectivity index (χ0n) is 12.8. The first kappa shape index (κ1) is 16.0. The number of nitrogens with one attached hydrogen (secondary N) is 1. The fraction of sp³-hybridized carbons (Fsp3) is 0.625. The zero-order valence-corrected chi connectivity index (χ0v) is 12.8. The lowest BCUT2D eigenvalue weighted by molar-refractivity contribution is 0.149. The first-order valence-electron chi connectivity index (χ1n) is 7.00. The Morgan fingerprint density at radius 2 is 1.84 bits per heavy atom. The van der Waals surface area contributed by atoms with E-state index in [-0.39, 0.29) is 6.10 Å². The van der Waals surface area contributed by atoms with Crippen LogP contribution >= 0.6 is 0 Å². The van der Waals surface area contributed by atoms with E-state index < -0.39 is 0 Å². The van der Waals surface area contributed by atoms with Crippen molar-refractivity contribution in [2.75, 3.05) is 20.8 Å². The Morgan fingerprint density at radius 3 is 2.42 bits per heavy atom. The van der Waals surface area contributed by atoms with Gasteiger partial charge in [-0.25, -0.2) is 0 Å². The van der Waals surface area contributed by atoms with Crippen LogP contribution in [0.3, 0.4) is 0 Å². The zero-order chi connectivity index (χ0) is 14.3. The lowest BCUT2D eigenvalue weighted by Gasteiger charge is -2.23. The molecule has 3 nitrogen and oxygen atoms in total. The van der Waals surface area contributed by atoms with Crippen LogP contribution in [0.5, 0.6) is 5.75 Å². The van der Waals surface area contributed by atoms with E-state index >= 15 is 0 Å². The summed E-state index contributed by atoms with van der Waals surface area (Å²) in [6.07, 6.45) is 1.22. The maximum atomic E-state index is 5.90. The Morgan fingerprint density at radius 1 is 1.16 bits per heavy atom. The Balaban J connectivity index is 2.85. The lowest BCUT2D eigenvalue weighted by atomic mass is 9.95. The van der Waals surface area contributed by atoms with Crippen LogP contribution in [0, 0.1) is 5.92 Å². The molecule has 108 valence electrons. The molecule has 0 radical (unpaired) electrons. The predicted octanol–water partition coefficient (Wildman–Crippen LogP) is 3.41. The molecule has 19 heavy (non-hydrogen) atoms. The van der Waals surface area contributed by atoms with Gasteiger partial charge in [-0.15, -0.1) is 0 Å². The van der Waals surface area contributed by atoms with Gasteiger partial charge in [0.2, 0.25) is 0 Å². The highest BCUT2D eigenvalue weighted by atomic mass is 16.5. The van der Waals surface area contributed by atoms with Crippen LogP contribution in [-0.4, -0.2) is 26.9 Å². The van der Waals surface area contributed by atoms with Crippen molar-refractivity contribution in [3.63, 3.8) is 0 Å². The van der Waals surface area contributed by atoms with Crippen molar-refractivity contribution >= 4 is 0 Å². The van der Waals surface area contributed by atoms with Gasteiger partial charge in [0.25, 0.3) is 0 Å². The molecule has 0 saturated carbocycles. The summed E-state index contributed by atoms with van der Waals surface area (Å²) in [7, 11) is 3.75. The number of benzene rings is 1. The molecule has 1 N–H and O–H groups in total. The number of hydrogen-bond acceptors (Lipinski definition) is 3. The van der Waals surface area contributed by atoms with E-state index in [4.69, 9.17) is 9.47 Å². The minimum Gasteiger partial charge on any atom is -0.491 e. The van der Waals surface area contributed by atoms with E-state index in [1.807, 2.05) is 19.2 Å². The van der Waals surface area contributed by atoms with Gasteiger partial charge in [-0.2, -0.15) is 0 Å². The number of ether oxygens (including phenoxy) is 2. The largest absolute Gasteiger partial charge is 0.491 e. The summed E-state index contributed by atoms with van der Waals surface area (Å²) in [5.74, 6) is 1.48. The highest BCUT2D eigenvalue weighted by molar-refractivity contribution is 5.36. The molecule has 1 aromatic rings. The molecular weight excluding hydrogens is 238 g/mol.